The maximum atomic E-state index is 12.5. The van der Waals surface area contributed by atoms with Gasteiger partial charge in [0, 0.05) is 36.3 Å². The van der Waals surface area contributed by atoms with Crippen LogP contribution < -0.4 is 4.74 Å². The number of halogens is 1. The second-order valence-electron chi connectivity index (χ2n) is 6.43. The first-order valence-corrected chi connectivity index (χ1v) is 9.16. The number of para-hydroxylation sites is 1. The average Bonchev–Trinajstić information content (AvgIpc) is 2.97. The Hall–Kier alpha value is -2.30. The smallest absolute Gasteiger partial charge is 0.228 e. The number of rotatable bonds is 3. The molecule has 1 aliphatic heterocycles. The molecule has 0 bridgehead atoms. The van der Waals surface area contributed by atoms with E-state index in [1.807, 2.05) is 55.5 Å². The molecule has 4 nitrogen and oxygen atoms in total. The van der Waals surface area contributed by atoms with Crippen LogP contribution in [0.2, 0.25) is 5.02 Å². The van der Waals surface area contributed by atoms with Crippen LogP contribution in [0.15, 0.2) is 48.5 Å². The van der Waals surface area contributed by atoms with Crippen LogP contribution in [0.4, 0.5) is 0 Å². The van der Waals surface area contributed by atoms with Gasteiger partial charge in [0.2, 0.25) is 12.2 Å². The van der Waals surface area contributed by atoms with E-state index in [1.165, 1.54) is 0 Å². The van der Waals surface area contributed by atoms with Gasteiger partial charge in [0.05, 0.1) is 11.2 Å². The Bertz CT molecular complexity index is 961. The van der Waals surface area contributed by atoms with E-state index < -0.39 is 0 Å². The summed E-state index contributed by atoms with van der Waals surface area (Å²) in [6, 6.07) is 15.6. The lowest BCUT2D eigenvalue weighted by molar-refractivity contribution is -0.0890. The first-order chi connectivity index (χ1) is 12.6. The minimum absolute atomic E-state index is 0.0103. The monoisotopic (exact) mass is 369 g/mol. The van der Waals surface area contributed by atoms with Crippen molar-refractivity contribution in [2.75, 3.05) is 6.61 Å². The summed E-state index contributed by atoms with van der Waals surface area (Å²) in [5, 5.41) is 1.62. The van der Waals surface area contributed by atoms with Gasteiger partial charge in [-0.15, -0.1) is 0 Å². The summed E-state index contributed by atoms with van der Waals surface area (Å²) < 4.78 is 13.7. The number of carbonyl (C=O) groups excluding carboxylic acids is 1. The molecule has 1 aliphatic rings. The van der Waals surface area contributed by atoms with Gasteiger partial charge < -0.3 is 9.47 Å². The Kier molecular flexibility index (Phi) is 4.47. The molecule has 0 fully saturated rings. The lowest BCUT2D eigenvalue weighted by atomic mass is 9.89. The topological polar surface area (TPSA) is 40.5 Å². The molecule has 0 spiro atoms. The zero-order chi connectivity index (χ0) is 18.3. The molecular weight excluding hydrogens is 350 g/mol. The number of fused-ring (bicyclic) bond motifs is 3. The van der Waals surface area contributed by atoms with E-state index >= 15 is 0 Å². The van der Waals surface area contributed by atoms with Crippen molar-refractivity contribution in [3.05, 3.63) is 64.8 Å². The van der Waals surface area contributed by atoms with E-state index in [1.54, 1.807) is 11.5 Å². The summed E-state index contributed by atoms with van der Waals surface area (Å²) in [6.07, 6.45) is 0.297. The van der Waals surface area contributed by atoms with Gasteiger partial charge in [0.1, 0.15) is 0 Å². The van der Waals surface area contributed by atoms with Gasteiger partial charge in [-0.1, -0.05) is 35.9 Å². The SMILES string of the molecule is CCOC1CC(c2ccc(Cl)cc2)c2c(c3ccccc3n2C(C)=O)O1. The predicted molar refractivity (Wildman–Crippen MR) is 102 cm³/mol. The lowest BCUT2D eigenvalue weighted by Crippen LogP contribution is -2.30. The fraction of sp³-hybridized carbons (Fsp3) is 0.286. The highest BCUT2D eigenvalue weighted by Crippen LogP contribution is 2.46. The third-order valence-electron chi connectivity index (χ3n) is 4.81. The first-order valence-electron chi connectivity index (χ1n) is 8.78. The third kappa shape index (κ3) is 2.79. The fourth-order valence-corrected chi connectivity index (χ4v) is 3.89. The lowest BCUT2D eigenvalue weighted by Gasteiger charge is -2.31. The van der Waals surface area contributed by atoms with E-state index in [9.17, 15) is 4.79 Å². The molecule has 0 radical (unpaired) electrons. The average molecular weight is 370 g/mol. The minimum atomic E-state index is -0.348. The largest absolute Gasteiger partial charge is 0.462 e. The standard InChI is InChI=1S/C21H20ClNO3/c1-3-25-19-12-17(14-8-10-15(22)11-9-14)20-21(26-19)16-6-4-5-7-18(16)23(20)13(2)24/h4-11,17,19H,3,12H2,1-2H3. The maximum absolute atomic E-state index is 12.5. The predicted octanol–water partition coefficient (Wildman–Crippen LogP) is 5.23. The van der Waals surface area contributed by atoms with Gasteiger partial charge >= 0.3 is 0 Å². The summed E-state index contributed by atoms with van der Waals surface area (Å²) in [5.41, 5.74) is 2.84. The summed E-state index contributed by atoms with van der Waals surface area (Å²) in [7, 11) is 0. The van der Waals surface area contributed by atoms with Crippen LogP contribution in [0, 0.1) is 0 Å². The molecule has 0 N–H and O–H groups in total. The molecule has 4 rings (SSSR count). The Morgan fingerprint density at radius 2 is 1.96 bits per heavy atom. The molecule has 2 unspecified atom stereocenters. The number of carbonyl (C=O) groups is 1. The van der Waals surface area contributed by atoms with Crippen molar-refractivity contribution in [3.8, 4) is 5.75 Å². The summed E-state index contributed by atoms with van der Waals surface area (Å²) in [5.74, 6) is 0.698. The Balaban J connectivity index is 1.97. The van der Waals surface area contributed by atoms with Crippen LogP contribution in [0.1, 0.15) is 42.2 Å². The van der Waals surface area contributed by atoms with Gasteiger partial charge in [0.25, 0.3) is 0 Å². The molecule has 0 saturated carbocycles. The van der Waals surface area contributed by atoms with Gasteiger partial charge in [0.15, 0.2) is 5.75 Å². The number of hydrogen-bond acceptors (Lipinski definition) is 3. The summed E-state index contributed by atoms with van der Waals surface area (Å²) >= 11 is 6.07. The van der Waals surface area contributed by atoms with Crippen LogP contribution in [-0.2, 0) is 4.74 Å². The maximum Gasteiger partial charge on any atom is 0.228 e. The Morgan fingerprint density at radius 1 is 1.23 bits per heavy atom. The third-order valence-corrected chi connectivity index (χ3v) is 5.06. The number of aromatic nitrogens is 1. The van der Waals surface area contributed by atoms with Crippen molar-refractivity contribution in [2.45, 2.75) is 32.5 Å². The molecule has 2 heterocycles. The van der Waals surface area contributed by atoms with Gasteiger partial charge in [-0.25, -0.2) is 0 Å². The van der Waals surface area contributed by atoms with Crippen molar-refractivity contribution in [1.29, 1.82) is 0 Å². The Labute approximate surface area is 157 Å². The highest BCUT2D eigenvalue weighted by molar-refractivity contribution is 6.30. The van der Waals surface area contributed by atoms with E-state index in [0.717, 1.165) is 27.9 Å². The second kappa shape index (κ2) is 6.78. The van der Waals surface area contributed by atoms with Gasteiger partial charge in [-0.05, 0) is 36.8 Å². The fourth-order valence-electron chi connectivity index (χ4n) is 3.77. The van der Waals surface area contributed by atoms with E-state index in [-0.39, 0.29) is 18.1 Å². The molecule has 3 aromatic rings. The number of ether oxygens (including phenoxy) is 2. The second-order valence-corrected chi connectivity index (χ2v) is 6.86. The highest BCUT2D eigenvalue weighted by Gasteiger charge is 2.36. The minimum Gasteiger partial charge on any atom is -0.462 e. The van der Waals surface area contributed by atoms with Gasteiger partial charge in [-0.2, -0.15) is 0 Å². The Morgan fingerprint density at radius 3 is 2.65 bits per heavy atom. The zero-order valence-electron chi connectivity index (χ0n) is 14.7. The zero-order valence-corrected chi connectivity index (χ0v) is 15.5. The molecule has 134 valence electrons. The van der Waals surface area contributed by atoms with Crippen molar-refractivity contribution >= 4 is 28.4 Å². The quantitative estimate of drug-likeness (QED) is 0.634. The molecule has 0 amide bonds. The van der Waals surface area contributed by atoms with Crippen molar-refractivity contribution in [3.63, 3.8) is 0 Å². The number of nitrogens with zero attached hydrogens (tertiary/aromatic N) is 1. The molecular formula is C21H20ClNO3. The van der Waals surface area contributed by atoms with Crippen LogP contribution in [0.3, 0.4) is 0 Å². The van der Waals surface area contributed by atoms with Crippen LogP contribution in [0.5, 0.6) is 5.75 Å². The van der Waals surface area contributed by atoms with Crippen LogP contribution >= 0.6 is 11.6 Å². The van der Waals surface area contributed by atoms with E-state index in [0.29, 0.717) is 18.1 Å². The molecule has 0 aliphatic carbocycles. The van der Waals surface area contributed by atoms with Crippen LogP contribution in [-0.4, -0.2) is 23.4 Å². The molecule has 2 atom stereocenters. The van der Waals surface area contributed by atoms with E-state index in [4.69, 9.17) is 21.1 Å². The van der Waals surface area contributed by atoms with Crippen molar-refractivity contribution < 1.29 is 14.3 Å². The first kappa shape index (κ1) is 17.1. The molecule has 2 aromatic carbocycles. The molecule has 5 heteroatoms. The van der Waals surface area contributed by atoms with E-state index in [2.05, 4.69) is 0 Å². The number of hydrogen-bond donors (Lipinski definition) is 0. The summed E-state index contributed by atoms with van der Waals surface area (Å²) in [4.78, 5) is 12.5. The normalized spacial score (nSPS) is 19.2. The summed E-state index contributed by atoms with van der Waals surface area (Å²) in [6.45, 7) is 4.11. The molecule has 1 aromatic heterocycles. The van der Waals surface area contributed by atoms with Crippen LogP contribution in [0.25, 0.3) is 10.9 Å². The molecule has 0 saturated heterocycles. The van der Waals surface area contributed by atoms with Crippen molar-refractivity contribution in [1.82, 2.24) is 4.57 Å². The molecule has 26 heavy (non-hydrogen) atoms. The number of benzene rings is 2. The highest BCUT2D eigenvalue weighted by atomic mass is 35.5. The van der Waals surface area contributed by atoms with Crippen molar-refractivity contribution in [2.24, 2.45) is 0 Å². The van der Waals surface area contributed by atoms with Gasteiger partial charge in [-0.3, -0.25) is 9.36 Å².